The molecule has 0 radical (unpaired) electrons. The fourth-order valence-corrected chi connectivity index (χ4v) is 5.70. The standard InChI is InChI=1S/C14H26N2O2S/c17-19(18)10-7-15-13(11-19)6-9-16-8-2-4-12-3-1-5-14(12)16/h12-15H,1-11H2. The van der Waals surface area contributed by atoms with Gasteiger partial charge in [-0.15, -0.1) is 0 Å². The summed E-state index contributed by atoms with van der Waals surface area (Å²) in [7, 11) is -2.78. The summed E-state index contributed by atoms with van der Waals surface area (Å²) in [6.45, 7) is 2.94. The molecular formula is C14H26N2O2S. The van der Waals surface area contributed by atoms with Gasteiger partial charge in [0, 0.05) is 18.6 Å². The van der Waals surface area contributed by atoms with E-state index in [2.05, 4.69) is 10.2 Å². The third kappa shape index (κ3) is 3.31. The lowest BCUT2D eigenvalue weighted by molar-refractivity contribution is 0.109. The van der Waals surface area contributed by atoms with Crippen LogP contribution in [0.3, 0.4) is 0 Å². The van der Waals surface area contributed by atoms with Crippen LogP contribution in [0.2, 0.25) is 0 Å². The van der Waals surface area contributed by atoms with Crippen LogP contribution < -0.4 is 5.32 Å². The molecule has 3 atom stereocenters. The molecule has 3 fully saturated rings. The lowest BCUT2D eigenvalue weighted by Crippen LogP contribution is -2.48. The summed E-state index contributed by atoms with van der Waals surface area (Å²) in [4.78, 5) is 2.64. The fraction of sp³-hybridized carbons (Fsp3) is 1.00. The first kappa shape index (κ1) is 13.8. The largest absolute Gasteiger partial charge is 0.312 e. The van der Waals surface area contributed by atoms with Crippen LogP contribution in [-0.2, 0) is 9.84 Å². The van der Waals surface area contributed by atoms with Crippen molar-refractivity contribution in [1.82, 2.24) is 10.2 Å². The van der Waals surface area contributed by atoms with E-state index in [1.165, 1.54) is 38.6 Å². The second-order valence-electron chi connectivity index (χ2n) is 6.49. The molecule has 0 bridgehead atoms. The number of hydrogen-bond donors (Lipinski definition) is 1. The quantitative estimate of drug-likeness (QED) is 0.842. The zero-order valence-electron chi connectivity index (χ0n) is 11.7. The van der Waals surface area contributed by atoms with Crippen molar-refractivity contribution in [3.63, 3.8) is 0 Å². The van der Waals surface area contributed by atoms with Gasteiger partial charge in [0.1, 0.15) is 0 Å². The molecule has 0 aromatic heterocycles. The first-order chi connectivity index (χ1) is 9.14. The summed E-state index contributed by atoms with van der Waals surface area (Å²) in [6, 6.07) is 0.981. The number of nitrogens with one attached hydrogen (secondary N) is 1. The first-order valence-corrected chi connectivity index (χ1v) is 9.64. The molecule has 0 aromatic rings. The Labute approximate surface area is 116 Å². The van der Waals surface area contributed by atoms with Gasteiger partial charge in [0.2, 0.25) is 0 Å². The maximum Gasteiger partial charge on any atom is 0.153 e. The minimum absolute atomic E-state index is 0.181. The molecule has 3 rings (SSSR count). The van der Waals surface area contributed by atoms with Crippen molar-refractivity contribution < 1.29 is 8.42 Å². The lowest BCUT2D eigenvalue weighted by atomic mass is 9.91. The number of rotatable bonds is 3. The molecule has 19 heavy (non-hydrogen) atoms. The van der Waals surface area contributed by atoms with Gasteiger partial charge in [-0.05, 0) is 51.1 Å². The molecule has 3 unspecified atom stereocenters. The van der Waals surface area contributed by atoms with Gasteiger partial charge >= 0.3 is 0 Å². The number of sulfone groups is 1. The number of nitrogens with zero attached hydrogens (tertiary/aromatic N) is 1. The zero-order chi connectivity index (χ0) is 13.3. The smallest absolute Gasteiger partial charge is 0.153 e. The molecule has 5 heteroatoms. The van der Waals surface area contributed by atoms with Crippen LogP contribution in [0.4, 0.5) is 0 Å². The molecule has 0 spiro atoms. The molecular weight excluding hydrogens is 260 g/mol. The normalized spacial score (nSPS) is 39.1. The van der Waals surface area contributed by atoms with Crippen molar-refractivity contribution in [2.45, 2.75) is 50.6 Å². The second kappa shape index (κ2) is 5.70. The molecule has 0 aromatic carbocycles. The Balaban J connectivity index is 1.51. The van der Waals surface area contributed by atoms with E-state index in [-0.39, 0.29) is 6.04 Å². The van der Waals surface area contributed by atoms with Crippen LogP contribution in [0.5, 0.6) is 0 Å². The maximum absolute atomic E-state index is 11.6. The highest BCUT2D eigenvalue weighted by Crippen LogP contribution is 2.36. The zero-order valence-corrected chi connectivity index (χ0v) is 12.5. The van der Waals surface area contributed by atoms with E-state index < -0.39 is 9.84 Å². The molecule has 0 amide bonds. The molecule has 110 valence electrons. The van der Waals surface area contributed by atoms with E-state index >= 15 is 0 Å². The average molecular weight is 286 g/mol. The summed E-state index contributed by atoms with van der Waals surface area (Å²) in [5.74, 6) is 1.59. The van der Waals surface area contributed by atoms with Crippen molar-refractivity contribution in [3.8, 4) is 0 Å². The fourth-order valence-electron chi connectivity index (χ4n) is 4.21. The van der Waals surface area contributed by atoms with Gasteiger partial charge in [-0.1, -0.05) is 6.42 Å². The van der Waals surface area contributed by atoms with Crippen LogP contribution in [-0.4, -0.2) is 56.5 Å². The predicted octanol–water partition coefficient (Wildman–Crippen LogP) is 1.03. The summed E-state index contributed by atoms with van der Waals surface area (Å²) < 4.78 is 23.3. The van der Waals surface area contributed by atoms with Crippen LogP contribution >= 0.6 is 0 Å². The van der Waals surface area contributed by atoms with Gasteiger partial charge in [0.25, 0.3) is 0 Å². The molecule has 4 nitrogen and oxygen atoms in total. The summed E-state index contributed by atoms with van der Waals surface area (Å²) in [6.07, 6.45) is 7.90. The highest BCUT2D eigenvalue weighted by molar-refractivity contribution is 7.91. The highest BCUT2D eigenvalue weighted by atomic mass is 32.2. The molecule has 3 aliphatic rings. The minimum Gasteiger partial charge on any atom is -0.312 e. The van der Waals surface area contributed by atoms with E-state index in [9.17, 15) is 8.42 Å². The van der Waals surface area contributed by atoms with E-state index in [1.54, 1.807) is 0 Å². The monoisotopic (exact) mass is 286 g/mol. The number of fused-ring (bicyclic) bond motifs is 1. The van der Waals surface area contributed by atoms with Gasteiger partial charge in [0.05, 0.1) is 11.5 Å². The van der Waals surface area contributed by atoms with Crippen molar-refractivity contribution in [3.05, 3.63) is 0 Å². The van der Waals surface area contributed by atoms with Gasteiger partial charge in [-0.3, -0.25) is 0 Å². The van der Waals surface area contributed by atoms with Gasteiger partial charge in [0.15, 0.2) is 9.84 Å². The number of piperidine rings is 1. The molecule has 1 saturated carbocycles. The molecule has 1 N–H and O–H groups in total. The van der Waals surface area contributed by atoms with Crippen LogP contribution in [0.25, 0.3) is 0 Å². The predicted molar refractivity (Wildman–Crippen MR) is 77.0 cm³/mol. The second-order valence-corrected chi connectivity index (χ2v) is 8.72. The van der Waals surface area contributed by atoms with Crippen LogP contribution in [0.1, 0.15) is 38.5 Å². The van der Waals surface area contributed by atoms with E-state index in [0.29, 0.717) is 18.1 Å². The van der Waals surface area contributed by atoms with Crippen LogP contribution in [0, 0.1) is 5.92 Å². The highest BCUT2D eigenvalue weighted by Gasteiger charge is 2.35. The Morgan fingerprint density at radius 1 is 1.16 bits per heavy atom. The first-order valence-electron chi connectivity index (χ1n) is 7.82. The number of likely N-dealkylation sites (tertiary alicyclic amines) is 1. The summed E-state index contributed by atoms with van der Waals surface area (Å²) in [5.41, 5.74) is 0. The Morgan fingerprint density at radius 2 is 2.00 bits per heavy atom. The van der Waals surface area contributed by atoms with Gasteiger partial charge < -0.3 is 10.2 Å². The van der Waals surface area contributed by atoms with Gasteiger partial charge in [-0.2, -0.15) is 0 Å². The Kier molecular flexibility index (Phi) is 4.15. The molecule has 1 aliphatic carbocycles. The third-order valence-electron chi connectivity index (χ3n) is 5.17. The molecule has 2 aliphatic heterocycles. The SMILES string of the molecule is O=S1(=O)CCNC(CCN2CCCC3CCCC32)C1. The Morgan fingerprint density at radius 3 is 2.84 bits per heavy atom. The van der Waals surface area contributed by atoms with Crippen molar-refractivity contribution in [2.75, 3.05) is 31.1 Å². The Bertz CT molecular complexity index is 410. The van der Waals surface area contributed by atoms with E-state index in [1.807, 2.05) is 0 Å². The molecule has 2 heterocycles. The lowest BCUT2D eigenvalue weighted by Gasteiger charge is -2.38. The van der Waals surface area contributed by atoms with E-state index in [0.717, 1.165) is 24.9 Å². The van der Waals surface area contributed by atoms with Crippen LogP contribution in [0.15, 0.2) is 0 Å². The topological polar surface area (TPSA) is 49.4 Å². The van der Waals surface area contributed by atoms with Gasteiger partial charge in [-0.25, -0.2) is 8.42 Å². The number of hydrogen-bond acceptors (Lipinski definition) is 4. The van der Waals surface area contributed by atoms with Crippen molar-refractivity contribution in [1.29, 1.82) is 0 Å². The average Bonchev–Trinajstić information content (AvgIpc) is 2.84. The minimum atomic E-state index is -2.78. The maximum atomic E-state index is 11.6. The van der Waals surface area contributed by atoms with Crippen molar-refractivity contribution >= 4 is 9.84 Å². The van der Waals surface area contributed by atoms with Crippen molar-refractivity contribution in [2.24, 2.45) is 5.92 Å². The Hall–Kier alpha value is -0.130. The third-order valence-corrected chi connectivity index (χ3v) is 6.91. The summed E-state index contributed by atoms with van der Waals surface area (Å²) >= 11 is 0. The summed E-state index contributed by atoms with van der Waals surface area (Å²) in [5, 5.41) is 3.37. The van der Waals surface area contributed by atoms with E-state index in [4.69, 9.17) is 0 Å². The molecule has 2 saturated heterocycles.